The molecule has 1 N–H and O–H groups in total. The lowest BCUT2D eigenvalue weighted by atomic mass is 9.90. The van der Waals surface area contributed by atoms with Crippen molar-refractivity contribution in [3.05, 3.63) is 0 Å². The van der Waals surface area contributed by atoms with Crippen LogP contribution in [0.4, 0.5) is 13.2 Å². The third-order valence-corrected chi connectivity index (χ3v) is 3.41. The van der Waals surface area contributed by atoms with Crippen LogP contribution < -0.4 is 5.32 Å². The monoisotopic (exact) mass is 266 g/mol. The summed E-state index contributed by atoms with van der Waals surface area (Å²) >= 11 is 0. The van der Waals surface area contributed by atoms with E-state index < -0.39 is 18.1 Å². The SMILES string of the molecule is CCCC1(C(=O)N(C)CCC(F)(F)F)CCCN1. The summed E-state index contributed by atoms with van der Waals surface area (Å²) in [4.78, 5) is 13.5. The lowest BCUT2D eigenvalue weighted by Crippen LogP contribution is -2.54. The van der Waals surface area contributed by atoms with Crippen LogP contribution in [0, 0.1) is 0 Å². The highest BCUT2D eigenvalue weighted by molar-refractivity contribution is 5.86. The summed E-state index contributed by atoms with van der Waals surface area (Å²) in [5.74, 6) is -0.203. The van der Waals surface area contributed by atoms with E-state index in [0.717, 1.165) is 25.8 Å². The molecule has 1 aliphatic rings. The number of carbonyl (C=O) groups excluding carboxylic acids is 1. The van der Waals surface area contributed by atoms with Crippen molar-refractivity contribution in [1.29, 1.82) is 0 Å². The number of nitrogens with one attached hydrogen (secondary N) is 1. The summed E-state index contributed by atoms with van der Waals surface area (Å²) < 4.78 is 36.4. The second-order valence-corrected chi connectivity index (χ2v) is 4.95. The first kappa shape index (κ1) is 15.3. The Morgan fingerprint density at radius 3 is 2.56 bits per heavy atom. The molecule has 0 saturated carbocycles. The molecule has 0 aromatic carbocycles. The van der Waals surface area contributed by atoms with E-state index in [1.165, 1.54) is 11.9 Å². The first-order valence-electron chi connectivity index (χ1n) is 6.38. The molecule has 0 radical (unpaired) electrons. The Morgan fingerprint density at radius 2 is 2.11 bits per heavy atom. The number of carbonyl (C=O) groups is 1. The molecule has 1 atom stereocenters. The fourth-order valence-corrected chi connectivity index (χ4v) is 2.50. The smallest absolute Gasteiger partial charge is 0.344 e. The van der Waals surface area contributed by atoms with Crippen molar-refractivity contribution in [2.24, 2.45) is 0 Å². The molecule has 1 saturated heterocycles. The van der Waals surface area contributed by atoms with Gasteiger partial charge in [-0.1, -0.05) is 13.3 Å². The predicted molar refractivity (Wildman–Crippen MR) is 63.2 cm³/mol. The largest absolute Gasteiger partial charge is 0.390 e. The highest BCUT2D eigenvalue weighted by Gasteiger charge is 2.42. The van der Waals surface area contributed by atoms with E-state index >= 15 is 0 Å². The van der Waals surface area contributed by atoms with Gasteiger partial charge in [0.25, 0.3) is 0 Å². The summed E-state index contributed by atoms with van der Waals surface area (Å²) in [6, 6.07) is 0. The van der Waals surface area contributed by atoms with Gasteiger partial charge in [0.05, 0.1) is 12.0 Å². The van der Waals surface area contributed by atoms with Crippen LogP contribution in [0.1, 0.15) is 39.0 Å². The maximum absolute atomic E-state index is 12.3. The average molecular weight is 266 g/mol. The zero-order valence-electron chi connectivity index (χ0n) is 10.9. The van der Waals surface area contributed by atoms with Gasteiger partial charge in [0.15, 0.2) is 0 Å². The number of hydrogen-bond donors (Lipinski definition) is 1. The summed E-state index contributed by atoms with van der Waals surface area (Å²) in [6.45, 7) is 2.47. The van der Waals surface area contributed by atoms with Crippen molar-refractivity contribution in [3.63, 3.8) is 0 Å². The minimum absolute atomic E-state index is 0.203. The number of nitrogens with zero attached hydrogens (tertiary/aromatic N) is 1. The van der Waals surface area contributed by atoms with E-state index in [2.05, 4.69) is 5.32 Å². The molecule has 1 rings (SSSR count). The van der Waals surface area contributed by atoms with E-state index in [9.17, 15) is 18.0 Å². The van der Waals surface area contributed by atoms with Crippen molar-refractivity contribution < 1.29 is 18.0 Å². The summed E-state index contributed by atoms with van der Waals surface area (Å²) in [5.41, 5.74) is -0.630. The maximum Gasteiger partial charge on any atom is 0.390 e. The molecule has 0 aliphatic carbocycles. The van der Waals surface area contributed by atoms with Gasteiger partial charge in [0.2, 0.25) is 5.91 Å². The van der Waals surface area contributed by atoms with Crippen molar-refractivity contribution in [3.8, 4) is 0 Å². The predicted octanol–water partition coefficient (Wildman–Crippen LogP) is 2.32. The second kappa shape index (κ2) is 5.91. The van der Waals surface area contributed by atoms with E-state index in [1.54, 1.807) is 0 Å². The summed E-state index contributed by atoms with van der Waals surface area (Å²) in [6.07, 6.45) is -2.02. The van der Waals surface area contributed by atoms with Crippen molar-refractivity contribution in [2.75, 3.05) is 20.1 Å². The molecular weight excluding hydrogens is 245 g/mol. The molecule has 0 bridgehead atoms. The zero-order chi connectivity index (χ0) is 13.8. The third kappa shape index (κ3) is 3.86. The van der Waals surface area contributed by atoms with Gasteiger partial charge < -0.3 is 10.2 Å². The molecule has 1 heterocycles. The van der Waals surface area contributed by atoms with Crippen LogP contribution in [-0.2, 0) is 4.79 Å². The van der Waals surface area contributed by atoms with Gasteiger partial charge in [-0.15, -0.1) is 0 Å². The van der Waals surface area contributed by atoms with Crippen LogP contribution in [0.25, 0.3) is 0 Å². The molecule has 0 aromatic rings. The lowest BCUT2D eigenvalue weighted by molar-refractivity contribution is -0.147. The van der Waals surface area contributed by atoms with Gasteiger partial charge in [0.1, 0.15) is 0 Å². The quantitative estimate of drug-likeness (QED) is 0.828. The van der Waals surface area contributed by atoms with Crippen LogP contribution in [-0.4, -0.2) is 42.7 Å². The van der Waals surface area contributed by atoms with Crippen LogP contribution in [0.2, 0.25) is 0 Å². The number of rotatable bonds is 5. The van der Waals surface area contributed by atoms with Crippen molar-refractivity contribution >= 4 is 5.91 Å². The minimum atomic E-state index is -4.21. The van der Waals surface area contributed by atoms with Crippen molar-refractivity contribution in [2.45, 2.75) is 50.7 Å². The maximum atomic E-state index is 12.3. The van der Waals surface area contributed by atoms with Gasteiger partial charge in [-0.05, 0) is 25.8 Å². The molecule has 1 fully saturated rings. The van der Waals surface area contributed by atoms with Gasteiger partial charge >= 0.3 is 6.18 Å². The number of alkyl halides is 3. The molecule has 3 nitrogen and oxygen atoms in total. The van der Waals surface area contributed by atoms with E-state index in [0.29, 0.717) is 6.42 Å². The number of amides is 1. The molecule has 0 spiro atoms. The number of halogens is 3. The van der Waals surface area contributed by atoms with Crippen LogP contribution >= 0.6 is 0 Å². The van der Waals surface area contributed by atoms with E-state index in [-0.39, 0.29) is 12.5 Å². The molecule has 6 heteroatoms. The zero-order valence-corrected chi connectivity index (χ0v) is 10.9. The Labute approximate surface area is 106 Å². The average Bonchev–Trinajstić information content (AvgIpc) is 2.74. The topological polar surface area (TPSA) is 32.3 Å². The Balaban J connectivity index is 2.60. The van der Waals surface area contributed by atoms with Gasteiger partial charge in [-0.2, -0.15) is 13.2 Å². The Hall–Kier alpha value is -0.780. The summed E-state index contributed by atoms with van der Waals surface area (Å²) in [5, 5.41) is 3.18. The second-order valence-electron chi connectivity index (χ2n) is 4.95. The lowest BCUT2D eigenvalue weighted by Gasteiger charge is -2.32. The fraction of sp³-hybridized carbons (Fsp3) is 0.917. The number of hydrogen-bond acceptors (Lipinski definition) is 2. The van der Waals surface area contributed by atoms with Crippen LogP contribution in [0.3, 0.4) is 0 Å². The molecule has 1 amide bonds. The van der Waals surface area contributed by atoms with Gasteiger partial charge in [0, 0.05) is 13.6 Å². The molecule has 1 unspecified atom stereocenters. The molecule has 18 heavy (non-hydrogen) atoms. The first-order valence-corrected chi connectivity index (χ1v) is 6.38. The van der Waals surface area contributed by atoms with E-state index in [4.69, 9.17) is 0 Å². The highest BCUT2D eigenvalue weighted by atomic mass is 19.4. The van der Waals surface area contributed by atoms with Gasteiger partial charge in [-0.3, -0.25) is 4.79 Å². The molecule has 1 aliphatic heterocycles. The van der Waals surface area contributed by atoms with Crippen molar-refractivity contribution in [1.82, 2.24) is 10.2 Å². The molecule has 0 aromatic heterocycles. The summed E-state index contributed by atoms with van der Waals surface area (Å²) in [7, 11) is 1.45. The Morgan fingerprint density at radius 1 is 1.44 bits per heavy atom. The minimum Gasteiger partial charge on any atom is -0.344 e. The van der Waals surface area contributed by atoms with Gasteiger partial charge in [-0.25, -0.2) is 0 Å². The first-order chi connectivity index (χ1) is 8.31. The Kier molecular flexibility index (Phi) is 5.01. The number of likely N-dealkylation sites (N-methyl/N-ethyl adjacent to an activating group) is 1. The molecule has 106 valence electrons. The third-order valence-electron chi connectivity index (χ3n) is 3.41. The normalized spacial score (nSPS) is 24.3. The highest BCUT2D eigenvalue weighted by Crippen LogP contribution is 2.27. The van der Waals surface area contributed by atoms with Crippen LogP contribution in [0.15, 0.2) is 0 Å². The standard InChI is InChI=1S/C12H21F3N2O/c1-3-5-11(6-4-8-16-11)10(18)17(2)9-7-12(13,14)15/h16H,3-9H2,1-2H3. The van der Waals surface area contributed by atoms with E-state index in [1.807, 2.05) is 6.92 Å². The Bertz CT molecular complexity index is 286. The van der Waals surface area contributed by atoms with Crippen LogP contribution in [0.5, 0.6) is 0 Å². The fourth-order valence-electron chi connectivity index (χ4n) is 2.50. The molecular formula is C12H21F3N2O.